The SMILES string of the molecule is C1CCC([PH+](CCNCC[PH+](C2CCCCC2)C2CCCCC2)C2CCCCC2)CC1.CCCCCCP(C1CCCCC1)C1CCCCC1.[C-]#[O+].[CH-]=O.[Cl][RuH+2].[Cl][Ru].c1ccc(P(c2ccccc2)c2ccccc2)cc1.c1ccc(P(c2ccccc2)c2ccccc2)cc1.c1ccc(P(c2ccccc2)c2ccccc2)cc1. The Morgan fingerprint density at radius 1 is 0.322 bits per heavy atom. The fourth-order valence-electron chi connectivity index (χ4n) is 18.7. The standard InChI is InChI=1S/C28H53NP2.3C18H15P.C18H35P.CHO.CO.2ClH.2Ru.H/c1-5-13-25(14-6-1)30(26-15-7-2-8-16-26)23-21-29-22-24-31(27-17-9-3-10-18-27)28-19-11-4-12-20-28;3*1-4-10-16(11-5-1)19(17-12-6-2-7-13-17)18-14-8-3-9-15-18;1-2-3-4-11-16-19(17-12-7-5-8-13-17)18-14-9-6-10-15-18;2*1-2;;;;;/h25-29H,1-24H2;3*1-15H;17-18H,2-16H2,1H3;1H;;2*1H;;;/q;;;;;-1;;;;+1;+3;. The maximum Gasteiger partial charge on any atom is -0.0134 e. The van der Waals surface area contributed by atoms with E-state index in [1.807, 2.05) is 17.3 Å². The molecular formula is C102H137Cl2NO2P6Ru2+3. The van der Waals surface area contributed by atoms with Gasteiger partial charge in [-0.25, -0.2) is 0 Å². The number of hydrogen-bond donors (Lipinski definition) is 1. The van der Waals surface area contributed by atoms with Crippen LogP contribution in [0.1, 0.15) is 225 Å². The van der Waals surface area contributed by atoms with Gasteiger partial charge in [-0.15, -0.1) is 7.92 Å². The van der Waals surface area contributed by atoms with Gasteiger partial charge >= 0.3 is 65.3 Å². The summed E-state index contributed by atoms with van der Waals surface area (Å²) in [6.45, 7) is 12.8. The Labute approximate surface area is 734 Å². The van der Waals surface area contributed by atoms with E-state index < -0.39 is 23.8 Å². The van der Waals surface area contributed by atoms with E-state index in [-0.39, 0.29) is 15.8 Å². The number of unbranched alkanes of at least 4 members (excludes halogenated alkanes) is 3. The summed E-state index contributed by atoms with van der Waals surface area (Å²) < 4.78 is 7.50. The largest absolute Gasteiger partial charge is 0.0622 e. The first-order chi connectivity index (χ1) is 57.2. The van der Waals surface area contributed by atoms with Crippen molar-refractivity contribution >= 4 is 121 Å². The van der Waals surface area contributed by atoms with E-state index in [4.69, 9.17) is 9.45 Å². The van der Waals surface area contributed by atoms with Gasteiger partial charge in [0.05, 0.1) is 35.0 Å². The molecule has 0 bridgehead atoms. The van der Waals surface area contributed by atoms with Crippen LogP contribution in [-0.4, -0.2) is 72.3 Å². The van der Waals surface area contributed by atoms with Crippen LogP contribution < -0.4 is 53.1 Å². The van der Waals surface area contributed by atoms with Crippen LogP contribution >= 0.6 is 66.9 Å². The second kappa shape index (κ2) is 63.7. The molecule has 0 saturated heterocycles. The summed E-state index contributed by atoms with van der Waals surface area (Å²) in [4.78, 5) is 7.75. The Balaban J connectivity index is 0.000000197. The summed E-state index contributed by atoms with van der Waals surface area (Å²) in [6.07, 6.45) is 57.7. The van der Waals surface area contributed by atoms with Crippen LogP contribution in [0.4, 0.5) is 0 Å². The van der Waals surface area contributed by atoms with Gasteiger partial charge in [0.2, 0.25) is 0 Å². The summed E-state index contributed by atoms with van der Waals surface area (Å²) in [5.74, 6) is 0. The molecule has 6 saturated carbocycles. The summed E-state index contributed by atoms with van der Waals surface area (Å²) in [7, 11) is 7.95. The second-order valence-corrected chi connectivity index (χ2v) is 47.8. The number of benzene rings is 9. The van der Waals surface area contributed by atoms with Gasteiger partial charge in [0, 0.05) is 28.9 Å². The third kappa shape index (κ3) is 36.0. The van der Waals surface area contributed by atoms with Gasteiger partial charge in [0.1, 0.15) is 0 Å². The Bertz CT molecular complexity index is 3090. The number of halogens is 2. The first-order valence-electron chi connectivity index (χ1n) is 43.9. The molecule has 0 unspecified atom stereocenters. The van der Waals surface area contributed by atoms with Gasteiger partial charge in [0.25, 0.3) is 0 Å². The maximum atomic E-state index is 7.75. The van der Waals surface area contributed by atoms with Crippen LogP contribution in [0.15, 0.2) is 273 Å². The zero-order chi connectivity index (χ0) is 81.2. The molecule has 3 nitrogen and oxygen atoms in total. The molecule has 115 heavy (non-hydrogen) atoms. The monoisotopic (exact) mass is 1870 g/mol. The van der Waals surface area contributed by atoms with E-state index in [9.17, 15) is 0 Å². The molecule has 9 aromatic carbocycles. The molecule has 6 fully saturated rings. The van der Waals surface area contributed by atoms with E-state index in [1.165, 1.54) is 153 Å². The molecule has 9 aromatic rings. The molecule has 0 aliphatic heterocycles. The van der Waals surface area contributed by atoms with Crippen molar-refractivity contribution < 1.29 is 44.1 Å². The van der Waals surface area contributed by atoms with Gasteiger partial charge in [-0.05, 0) is 224 Å². The molecule has 0 heterocycles. The molecular weight excluding hydrogens is 1730 g/mol. The van der Waals surface area contributed by atoms with Crippen LogP contribution in [0, 0.1) is 6.65 Å². The Kier molecular flexibility index (Phi) is 54.7. The molecule has 6 aliphatic rings. The predicted molar refractivity (Wildman–Crippen MR) is 516 cm³/mol. The fourth-order valence-corrected chi connectivity index (χ4v) is 38.1. The molecule has 6 aliphatic carbocycles. The normalized spacial score (nSPS) is 16.3. The Morgan fingerprint density at radius 3 is 0.687 bits per heavy atom. The van der Waals surface area contributed by atoms with Crippen molar-refractivity contribution in [2.24, 2.45) is 0 Å². The molecule has 0 aromatic heterocycles. The van der Waals surface area contributed by atoms with Crippen molar-refractivity contribution in [3.63, 3.8) is 0 Å². The molecule has 0 spiro atoms. The zero-order valence-corrected chi connectivity index (χ0v) is 79.9. The van der Waals surface area contributed by atoms with E-state index in [0.717, 1.165) is 0 Å². The van der Waals surface area contributed by atoms with E-state index in [2.05, 4.69) is 318 Å². The van der Waals surface area contributed by atoms with Crippen molar-refractivity contribution in [2.75, 3.05) is 31.6 Å². The number of rotatable bonds is 26. The van der Waals surface area contributed by atoms with Gasteiger partial charge in [0.15, 0.2) is 0 Å². The first-order valence-corrected chi connectivity index (χ1v) is 58.0. The van der Waals surface area contributed by atoms with Gasteiger partial charge in [-0.3, -0.25) is 6.79 Å². The summed E-state index contributed by atoms with van der Waals surface area (Å²) in [5, 5.41) is 16.6. The minimum Gasteiger partial charge on any atom is -0.0622 e. The van der Waals surface area contributed by atoms with E-state index >= 15 is 0 Å². The number of nitrogens with one attached hydrogen (secondary N) is 1. The molecule has 13 heteroatoms. The van der Waals surface area contributed by atoms with Gasteiger partial charge in [-0.1, -0.05) is 363 Å². The van der Waals surface area contributed by atoms with Crippen molar-refractivity contribution in [3.8, 4) is 0 Å². The van der Waals surface area contributed by atoms with Crippen molar-refractivity contribution in [1.82, 2.24) is 5.32 Å². The zero-order valence-electron chi connectivity index (χ0n) is 69.2. The minimum absolute atomic E-state index is 0.140. The topological polar surface area (TPSA) is 49.0 Å². The van der Waals surface area contributed by atoms with Crippen molar-refractivity contribution in [1.29, 1.82) is 0 Å². The number of hydrogen-bond acceptors (Lipinski definition) is 2. The molecule has 0 atom stereocenters. The average molecular weight is 1870 g/mol. The fraction of sp³-hybridized carbons (Fsp3) is 0.451. The third-order valence-electron chi connectivity index (χ3n) is 24.2. The van der Waals surface area contributed by atoms with Crippen LogP contribution in [0.25, 0.3) is 0 Å². The van der Waals surface area contributed by atoms with Crippen LogP contribution in [0.2, 0.25) is 0 Å². The van der Waals surface area contributed by atoms with Crippen LogP contribution in [0.5, 0.6) is 0 Å². The van der Waals surface area contributed by atoms with Crippen LogP contribution in [-0.2, 0) is 44.1 Å². The minimum atomic E-state index is -0.446. The Hall–Kier alpha value is -3.24. The van der Waals surface area contributed by atoms with Crippen LogP contribution in [0.3, 0.4) is 0 Å². The molecule has 619 valence electrons. The van der Waals surface area contributed by atoms with Crippen molar-refractivity contribution in [3.05, 3.63) is 280 Å². The summed E-state index contributed by atoms with van der Waals surface area (Å²) in [5.41, 5.74) is 7.04. The van der Waals surface area contributed by atoms with Gasteiger partial charge in [-0.2, -0.15) is 0 Å². The Morgan fingerprint density at radius 2 is 0.504 bits per heavy atom. The van der Waals surface area contributed by atoms with Gasteiger partial charge < -0.3 is 10.1 Å². The second-order valence-electron chi connectivity index (χ2n) is 31.6. The summed E-state index contributed by atoms with van der Waals surface area (Å²) >= 11 is 3.44. The number of carbonyl (C=O) groups excluding carboxylic acids is 1. The molecule has 1 N–H and O–H groups in total. The smallest absolute Gasteiger partial charge is 0.0134 e. The summed E-state index contributed by atoms with van der Waals surface area (Å²) in [6, 6.07) is 97.0. The average Bonchev–Trinajstić information content (AvgIpc) is 0.407. The molecule has 15 rings (SSSR count). The van der Waals surface area contributed by atoms with E-state index in [1.54, 1.807) is 196 Å². The van der Waals surface area contributed by atoms with E-state index in [0.29, 0.717) is 7.92 Å². The maximum absolute atomic E-state index is 7.75. The first kappa shape index (κ1) is 98.9. The predicted octanol–water partition coefficient (Wildman–Crippen LogP) is 26.2. The van der Waals surface area contributed by atoms with Crippen molar-refractivity contribution in [2.45, 2.75) is 259 Å². The molecule has 0 radical (unpaired) electrons. The third-order valence-corrected chi connectivity index (χ3v) is 43.4. The quantitative estimate of drug-likeness (QED) is 0.0147. The molecule has 0 amide bonds.